The lowest BCUT2D eigenvalue weighted by Gasteiger charge is -2.16. The van der Waals surface area contributed by atoms with Gasteiger partial charge in [-0.05, 0) is 44.0 Å². The Morgan fingerprint density at radius 3 is 2.61 bits per heavy atom. The Hall–Kier alpha value is -1.55. The molecule has 0 heterocycles. The van der Waals surface area contributed by atoms with Crippen molar-refractivity contribution in [2.45, 2.75) is 33.3 Å². The minimum atomic E-state index is -0.585. The Morgan fingerprint density at radius 2 is 2.06 bits per heavy atom. The molecule has 0 unspecified atom stereocenters. The van der Waals surface area contributed by atoms with E-state index in [4.69, 9.17) is 9.47 Å². The third-order valence-electron chi connectivity index (χ3n) is 2.65. The summed E-state index contributed by atoms with van der Waals surface area (Å²) in [5, 5.41) is 9.35. The molecule has 18 heavy (non-hydrogen) atoms. The van der Waals surface area contributed by atoms with Gasteiger partial charge in [0.2, 0.25) is 0 Å². The maximum Gasteiger partial charge on any atom is 0.335 e. The van der Waals surface area contributed by atoms with Crippen molar-refractivity contribution in [3.05, 3.63) is 29.3 Å². The number of hydrogen-bond donors (Lipinski definition) is 1. The minimum Gasteiger partial charge on any atom is -0.508 e. The molecule has 0 saturated carbocycles. The zero-order valence-electron chi connectivity index (χ0n) is 11.1. The summed E-state index contributed by atoms with van der Waals surface area (Å²) in [4.78, 5) is 11.7. The van der Waals surface area contributed by atoms with Crippen LogP contribution < -0.4 is 0 Å². The lowest BCUT2D eigenvalue weighted by Crippen LogP contribution is -2.29. The van der Waals surface area contributed by atoms with Crippen molar-refractivity contribution in [3.63, 3.8) is 0 Å². The second-order valence-corrected chi connectivity index (χ2v) is 4.01. The average Bonchev–Trinajstić information content (AvgIpc) is 2.32. The van der Waals surface area contributed by atoms with Gasteiger partial charge in [0.25, 0.3) is 0 Å². The van der Waals surface area contributed by atoms with Crippen molar-refractivity contribution in [1.82, 2.24) is 0 Å². The largest absolute Gasteiger partial charge is 0.508 e. The Balaban J connectivity index is 2.79. The summed E-state index contributed by atoms with van der Waals surface area (Å²) >= 11 is 0. The van der Waals surface area contributed by atoms with Crippen LogP contribution in [-0.4, -0.2) is 30.4 Å². The highest BCUT2D eigenvalue weighted by Crippen LogP contribution is 2.18. The second-order valence-electron chi connectivity index (χ2n) is 4.01. The van der Waals surface area contributed by atoms with Crippen LogP contribution in [-0.2, 0) is 20.7 Å². The topological polar surface area (TPSA) is 55.8 Å². The summed E-state index contributed by atoms with van der Waals surface area (Å²) in [7, 11) is 0. The molecule has 0 aliphatic carbocycles. The van der Waals surface area contributed by atoms with E-state index in [1.807, 2.05) is 13.8 Å². The van der Waals surface area contributed by atoms with Crippen LogP contribution in [0.3, 0.4) is 0 Å². The summed E-state index contributed by atoms with van der Waals surface area (Å²) in [6.45, 7) is 6.31. The molecule has 0 radical (unpaired) electrons. The molecule has 0 aliphatic heterocycles. The van der Waals surface area contributed by atoms with Gasteiger partial charge in [0.05, 0.1) is 6.61 Å². The van der Waals surface area contributed by atoms with Gasteiger partial charge in [0.1, 0.15) is 5.75 Å². The van der Waals surface area contributed by atoms with Crippen molar-refractivity contribution >= 4 is 5.97 Å². The van der Waals surface area contributed by atoms with Crippen LogP contribution in [0.25, 0.3) is 0 Å². The standard InChI is InChI=1S/C14H20O4/c1-4-17-13(14(16)18-5-2)9-11-6-7-12(15)8-10(11)3/h6-8,13,15H,4-5,9H2,1-3H3/t13-/m1/s1. The first-order valence-electron chi connectivity index (χ1n) is 6.15. The zero-order valence-corrected chi connectivity index (χ0v) is 11.1. The van der Waals surface area contributed by atoms with Gasteiger partial charge in [0, 0.05) is 13.0 Å². The highest BCUT2D eigenvalue weighted by atomic mass is 16.6. The average molecular weight is 252 g/mol. The van der Waals surface area contributed by atoms with E-state index in [9.17, 15) is 9.90 Å². The summed E-state index contributed by atoms with van der Waals surface area (Å²) in [6, 6.07) is 5.08. The maximum atomic E-state index is 11.7. The monoisotopic (exact) mass is 252 g/mol. The SMILES string of the molecule is CCOC(=O)[C@@H](Cc1ccc(O)cc1C)OCC. The summed E-state index contributed by atoms with van der Waals surface area (Å²) in [5.41, 5.74) is 1.91. The number of rotatable bonds is 6. The van der Waals surface area contributed by atoms with Crippen LogP contribution in [0.2, 0.25) is 0 Å². The molecule has 0 fully saturated rings. The van der Waals surface area contributed by atoms with Crippen LogP contribution in [0.15, 0.2) is 18.2 Å². The van der Waals surface area contributed by atoms with E-state index < -0.39 is 6.10 Å². The number of ether oxygens (including phenoxy) is 2. The molecule has 1 rings (SSSR count). The Kier molecular flexibility index (Phi) is 5.65. The number of aromatic hydroxyl groups is 1. The molecule has 4 nitrogen and oxygen atoms in total. The molecule has 0 aromatic heterocycles. The molecule has 0 bridgehead atoms. The molecule has 0 spiro atoms. The molecule has 0 amide bonds. The van der Waals surface area contributed by atoms with Crippen LogP contribution >= 0.6 is 0 Å². The predicted molar refractivity (Wildman–Crippen MR) is 68.6 cm³/mol. The molecular weight excluding hydrogens is 232 g/mol. The van der Waals surface area contributed by atoms with E-state index in [0.717, 1.165) is 11.1 Å². The van der Waals surface area contributed by atoms with E-state index >= 15 is 0 Å². The molecule has 1 N–H and O–H groups in total. The molecule has 0 aliphatic rings. The summed E-state index contributed by atoms with van der Waals surface area (Å²) in [5.74, 6) is -0.118. The van der Waals surface area contributed by atoms with Gasteiger partial charge < -0.3 is 14.6 Å². The molecule has 1 aromatic carbocycles. The Morgan fingerprint density at radius 1 is 1.33 bits per heavy atom. The minimum absolute atomic E-state index is 0.223. The lowest BCUT2D eigenvalue weighted by molar-refractivity contribution is -0.156. The van der Waals surface area contributed by atoms with Crippen molar-refractivity contribution in [2.24, 2.45) is 0 Å². The van der Waals surface area contributed by atoms with Crippen LogP contribution in [0.1, 0.15) is 25.0 Å². The van der Waals surface area contributed by atoms with Crippen LogP contribution in [0.4, 0.5) is 0 Å². The van der Waals surface area contributed by atoms with Crippen molar-refractivity contribution in [3.8, 4) is 5.75 Å². The second kappa shape index (κ2) is 7.01. The van der Waals surface area contributed by atoms with Gasteiger partial charge in [0.15, 0.2) is 6.10 Å². The molecule has 4 heteroatoms. The van der Waals surface area contributed by atoms with Crippen molar-refractivity contribution < 1.29 is 19.4 Å². The number of aryl methyl sites for hydroxylation is 1. The van der Waals surface area contributed by atoms with E-state index in [-0.39, 0.29) is 11.7 Å². The smallest absolute Gasteiger partial charge is 0.335 e. The number of phenols is 1. The van der Waals surface area contributed by atoms with Gasteiger partial charge in [-0.25, -0.2) is 4.79 Å². The molecule has 100 valence electrons. The number of carbonyl (C=O) groups excluding carboxylic acids is 1. The first kappa shape index (κ1) is 14.5. The van der Waals surface area contributed by atoms with Gasteiger partial charge in [-0.2, -0.15) is 0 Å². The van der Waals surface area contributed by atoms with E-state index in [1.54, 1.807) is 25.1 Å². The predicted octanol–water partition coefficient (Wildman–Crippen LogP) is 2.21. The van der Waals surface area contributed by atoms with E-state index in [0.29, 0.717) is 19.6 Å². The molecule has 1 atom stereocenters. The van der Waals surface area contributed by atoms with Crippen LogP contribution in [0, 0.1) is 6.92 Å². The molecular formula is C14H20O4. The van der Waals surface area contributed by atoms with Crippen LogP contribution in [0.5, 0.6) is 5.75 Å². The Bertz CT molecular complexity index is 401. The quantitative estimate of drug-likeness (QED) is 0.789. The fourth-order valence-corrected chi connectivity index (χ4v) is 1.76. The number of benzene rings is 1. The first-order valence-corrected chi connectivity index (χ1v) is 6.15. The molecule has 0 saturated heterocycles. The highest BCUT2D eigenvalue weighted by Gasteiger charge is 2.21. The summed E-state index contributed by atoms with van der Waals surface area (Å²) in [6.07, 6.45) is -0.128. The number of carbonyl (C=O) groups is 1. The van der Waals surface area contributed by atoms with Gasteiger partial charge >= 0.3 is 5.97 Å². The number of esters is 1. The van der Waals surface area contributed by atoms with Gasteiger partial charge in [-0.15, -0.1) is 0 Å². The fourth-order valence-electron chi connectivity index (χ4n) is 1.76. The van der Waals surface area contributed by atoms with E-state index in [2.05, 4.69) is 0 Å². The fraction of sp³-hybridized carbons (Fsp3) is 0.500. The third kappa shape index (κ3) is 4.04. The maximum absolute atomic E-state index is 11.7. The Labute approximate surface area is 108 Å². The van der Waals surface area contributed by atoms with Crippen molar-refractivity contribution in [2.75, 3.05) is 13.2 Å². The number of phenolic OH excluding ortho intramolecular Hbond substituents is 1. The normalized spacial score (nSPS) is 12.2. The third-order valence-corrected chi connectivity index (χ3v) is 2.65. The van der Waals surface area contributed by atoms with E-state index in [1.165, 1.54) is 0 Å². The highest BCUT2D eigenvalue weighted by molar-refractivity contribution is 5.75. The zero-order chi connectivity index (χ0) is 13.5. The van der Waals surface area contributed by atoms with Gasteiger partial charge in [-0.3, -0.25) is 0 Å². The van der Waals surface area contributed by atoms with Crippen molar-refractivity contribution in [1.29, 1.82) is 0 Å². The lowest BCUT2D eigenvalue weighted by atomic mass is 10.0. The first-order chi connectivity index (χ1) is 8.58. The van der Waals surface area contributed by atoms with Gasteiger partial charge in [-0.1, -0.05) is 6.07 Å². The molecule has 1 aromatic rings. The number of hydrogen-bond acceptors (Lipinski definition) is 4. The summed E-state index contributed by atoms with van der Waals surface area (Å²) < 4.78 is 10.4.